The summed E-state index contributed by atoms with van der Waals surface area (Å²) in [5.41, 5.74) is 15.5. The number of anilines is 2. The Labute approximate surface area is 427 Å². The molecule has 4 aliphatic heterocycles. The Morgan fingerprint density at radius 3 is 1.51 bits per heavy atom. The summed E-state index contributed by atoms with van der Waals surface area (Å²) in [5, 5.41) is 19.1. The summed E-state index contributed by atoms with van der Waals surface area (Å²) in [5.74, 6) is 4.55. The van der Waals surface area contributed by atoms with Crippen LogP contribution in [0.4, 0.5) is 20.4 Å². The van der Waals surface area contributed by atoms with E-state index in [0.29, 0.717) is 121 Å². The number of benzene rings is 2. The van der Waals surface area contributed by atoms with Crippen molar-refractivity contribution in [3.05, 3.63) is 66.3 Å². The van der Waals surface area contributed by atoms with Crippen LogP contribution >= 0.6 is 45.2 Å². The zero-order chi connectivity index (χ0) is 49.4. The Morgan fingerprint density at radius 2 is 1.07 bits per heavy atom. The molecule has 2 saturated heterocycles. The molecular weight excluding hydrogens is 1140 g/mol. The molecular formula is C46H52F2I2N12O8. The van der Waals surface area contributed by atoms with E-state index in [0.717, 1.165) is 56.8 Å². The van der Waals surface area contributed by atoms with Gasteiger partial charge in [0.05, 0.1) is 0 Å². The first-order valence-electron chi connectivity index (χ1n) is 23.1. The SMILES string of the molecule is C[C@H](O)C(=O)N1CCC(CCn2c(Cc3cc4c(cc3[124I])OCO4)nc3c(N)nc(F)nc32)CC1.C[C@H](O)C(=O)N1CCC(CCn2c(Cc3cc4c(cc3[131I])OCO4)nc3c(N)nc(F)nc32)CC1. The van der Waals surface area contributed by atoms with Gasteiger partial charge in [-0.1, -0.05) is 0 Å². The fourth-order valence-corrected chi connectivity index (χ4v) is 10.6. The molecule has 0 bridgehead atoms. The smallest absolute Gasteiger partial charge is 0.312 e. The van der Waals surface area contributed by atoms with Gasteiger partial charge in [-0.15, -0.1) is 0 Å². The van der Waals surface area contributed by atoms with Crippen LogP contribution in [0.15, 0.2) is 24.3 Å². The molecule has 2 aromatic carbocycles. The van der Waals surface area contributed by atoms with E-state index in [2.05, 4.69) is 65.1 Å². The molecule has 4 aromatic heterocycles. The lowest BCUT2D eigenvalue weighted by molar-refractivity contribution is -0.141. The minimum absolute atomic E-state index is 0.0119. The molecule has 6 aromatic rings. The van der Waals surface area contributed by atoms with Gasteiger partial charge in [0.15, 0.2) is 57.0 Å². The van der Waals surface area contributed by atoms with Gasteiger partial charge in [-0.05, 0) is 145 Å². The van der Waals surface area contributed by atoms with E-state index in [9.17, 15) is 28.6 Å². The molecule has 6 N–H and O–H groups in total. The second kappa shape index (κ2) is 21.1. The molecule has 2 amide bonds. The highest BCUT2D eigenvalue weighted by atomic mass is 131. The first-order chi connectivity index (χ1) is 33.6. The Morgan fingerprint density at radius 1 is 0.671 bits per heavy atom. The van der Waals surface area contributed by atoms with E-state index in [1.165, 1.54) is 13.8 Å². The number of aliphatic hydroxyl groups excluding tert-OH is 2. The summed E-state index contributed by atoms with van der Waals surface area (Å²) >= 11 is 4.51. The van der Waals surface area contributed by atoms with E-state index < -0.39 is 24.4 Å². The maximum absolute atomic E-state index is 14.1. The summed E-state index contributed by atoms with van der Waals surface area (Å²) in [6, 6.07) is 7.75. The quantitative estimate of drug-likeness (QED) is 0.0933. The number of nitrogen functional groups attached to an aromatic ring is 2. The normalized spacial score (nSPS) is 16.7. The van der Waals surface area contributed by atoms with Crippen LogP contribution in [0, 0.1) is 31.1 Å². The number of halogens is 4. The number of hydrogen-bond donors (Lipinski definition) is 4. The maximum atomic E-state index is 14.1. The molecule has 24 heteroatoms. The third-order valence-corrected chi connectivity index (χ3v) is 15.2. The maximum Gasteiger partial charge on any atom is 0.312 e. The van der Waals surface area contributed by atoms with E-state index >= 15 is 0 Å². The second-order valence-electron chi connectivity index (χ2n) is 17.9. The number of aliphatic hydroxyl groups is 2. The van der Waals surface area contributed by atoms with Crippen LogP contribution in [0.3, 0.4) is 0 Å². The lowest BCUT2D eigenvalue weighted by Crippen LogP contribution is -2.43. The van der Waals surface area contributed by atoms with Crippen molar-refractivity contribution in [1.29, 1.82) is 0 Å². The number of piperidine rings is 2. The van der Waals surface area contributed by atoms with Crippen LogP contribution in [0.1, 0.15) is 75.1 Å². The minimum atomic E-state index is -0.981. The van der Waals surface area contributed by atoms with Crippen molar-refractivity contribution in [2.75, 3.05) is 51.2 Å². The Kier molecular flexibility index (Phi) is 14.9. The molecule has 0 unspecified atom stereocenters. The number of fused-ring (bicyclic) bond motifs is 4. The summed E-state index contributed by atoms with van der Waals surface area (Å²) in [7, 11) is 0. The van der Waals surface area contributed by atoms with Gasteiger partial charge in [0, 0.05) is 59.3 Å². The van der Waals surface area contributed by atoms with E-state index in [-0.39, 0.29) is 37.0 Å². The van der Waals surface area contributed by atoms with Gasteiger partial charge in [0.25, 0.3) is 11.8 Å². The van der Waals surface area contributed by atoms with Crippen LogP contribution < -0.4 is 30.4 Å². The average Bonchev–Trinajstić information content (AvgIpc) is 4.14. The largest absolute Gasteiger partial charge is 0.454 e. The highest BCUT2D eigenvalue weighted by molar-refractivity contribution is 14.1. The molecule has 8 heterocycles. The highest BCUT2D eigenvalue weighted by Gasteiger charge is 2.29. The number of nitrogens with zero attached hydrogens (tertiary/aromatic N) is 10. The van der Waals surface area contributed by atoms with Crippen molar-refractivity contribution in [1.82, 2.24) is 48.8 Å². The Balaban J connectivity index is 0.000000174. The van der Waals surface area contributed by atoms with Crippen molar-refractivity contribution >= 4 is 91.0 Å². The molecule has 20 nitrogen and oxygen atoms in total. The number of aryl methyl sites for hydroxylation is 2. The summed E-state index contributed by atoms with van der Waals surface area (Å²) < 4.78 is 56.0. The fraction of sp³-hybridized carbons (Fsp3) is 0.478. The molecule has 4 aliphatic rings. The molecule has 2 fully saturated rings. The number of ether oxygens (including phenoxy) is 4. The van der Waals surface area contributed by atoms with Crippen LogP contribution in [0.5, 0.6) is 23.0 Å². The van der Waals surface area contributed by atoms with Crippen LogP contribution in [0.25, 0.3) is 22.3 Å². The van der Waals surface area contributed by atoms with E-state index in [1.54, 1.807) is 9.80 Å². The predicted molar refractivity (Wildman–Crippen MR) is 267 cm³/mol. The molecule has 0 saturated carbocycles. The molecule has 372 valence electrons. The molecule has 0 aliphatic carbocycles. The summed E-state index contributed by atoms with van der Waals surface area (Å²) in [4.78, 5) is 52.2. The van der Waals surface area contributed by atoms with Crippen molar-refractivity contribution in [3.8, 4) is 23.0 Å². The minimum Gasteiger partial charge on any atom is -0.454 e. The fourth-order valence-electron chi connectivity index (χ4n) is 9.38. The number of likely N-dealkylation sites (tertiary alicyclic amines) is 2. The summed E-state index contributed by atoms with van der Waals surface area (Å²) in [6.45, 7) is 7.01. The number of nitrogens with two attached hydrogens (primary N) is 2. The molecule has 2 atom stereocenters. The van der Waals surface area contributed by atoms with Crippen LogP contribution in [-0.2, 0) is 35.5 Å². The van der Waals surface area contributed by atoms with Gasteiger partial charge in [0.1, 0.15) is 23.9 Å². The van der Waals surface area contributed by atoms with Gasteiger partial charge in [0.2, 0.25) is 13.6 Å². The van der Waals surface area contributed by atoms with Gasteiger partial charge in [-0.2, -0.15) is 28.7 Å². The standard InChI is InChI=1S/2C23H26FIN6O4/c2*1-12(32)22(33)30-5-2-13(3-6-30)4-7-31-18(27-19-20(26)28-23(24)29-21(19)31)9-14-8-16-17(10-15(14)25)35-11-34-16/h2*8,10,12-13,32H,2-7,9,11H2,1H3,(H2,26,28,29)/t2*12-/m00/s1/i25+4;25-3. The number of carbonyl (C=O) groups is 2. The number of rotatable bonds is 12. The topological polar surface area (TPSA) is 257 Å². The number of aromatic nitrogens is 8. The van der Waals surface area contributed by atoms with Crippen molar-refractivity contribution in [2.24, 2.45) is 11.8 Å². The Hall–Kier alpha value is -5.48. The molecule has 10 rings (SSSR count). The van der Waals surface area contributed by atoms with Gasteiger partial charge >= 0.3 is 12.2 Å². The molecule has 0 spiro atoms. The second-order valence-corrected chi connectivity index (χ2v) is 20.2. The summed E-state index contributed by atoms with van der Waals surface area (Å²) in [6.07, 6.45) is 2.22. The first-order valence-corrected chi connectivity index (χ1v) is 25.2. The zero-order valence-corrected chi connectivity index (χ0v) is 42.7. The van der Waals surface area contributed by atoms with Gasteiger partial charge in [-0.25, -0.2) is 9.97 Å². The van der Waals surface area contributed by atoms with Crippen molar-refractivity contribution < 1.29 is 47.5 Å². The third kappa shape index (κ3) is 10.7. The monoisotopic (exact) mass is 1190 g/mol. The molecule has 0 radical (unpaired) electrons. The lowest BCUT2D eigenvalue weighted by atomic mass is 9.93. The predicted octanol–water partition coefficient (Wildman–Crippen LogP) is 4.96. The zero-order valence-electron chi connectivity index (χ0n) is 38.4. The van der Waals surface area contributed by atoms with E-state index in [1.807, 2.05) is 33.4 Å². The van der Waals surface area contributed by atoms with Crippen LogP contribution in [0.2, 0.25) is 0 Å². The van der Waals surface area contributed by atoms with Crippen LogP contribution in [-0.4, -0.2) is 123 Å². The lowest BCUT2D eigenvalue weighted by Gasteiger charge is -2.32. The number of hydrogen-bond acceptors (Lipinski definition) is 16. The Bertz CT molecular complexity index is 2750. The number of imidazole rings is 2. The van der Waals surface area contributed by atoms with Crippen molar-refractivity contribution in [3.63, 3.8) is 0 Å². The number of amides is 2. The average molecular weight is 1190 g/mol. The first kappa shape index (κ1) is 49.5. The third-order valence-electron chi connectivity index (χ3n) is 13.2. The van der Waals surface area contributed by atoms with E-state index in [4.69, 9.17) is 40.4 Å². The van der Waals surface area contributed by atoms with Crippen molar-refractivity contribution in [2.45, 2.75) is 90.5 Å². The van der Waals surface area contributed by atoms with Gasteiger partial charge < -0.3 is 59.6 Å². The molecule has 70 heavy (non-hydrogen) atoms. The van der Waals surface area contributed by atoms with Gasteiger partial charge in [-0.3, -0.25) is 9.59 Å². The highest BCUT2D eigenvalue weighted by Crippen LogP contribution is 2.38. The number of carbonyl (C=O) groups excluding carboxylic acids is 2.